The van der Waals surface area contributed by atoms with Gasteiger partial charge in [-0.1, -0.05) is 0 Å². The summed E-state index contributed by atoms with van der Waals surface area (Å²) in [6.45, 7) is 1.37. The predicted molar refractivity (Wildman–Crippen MR) is 64.7 cm³/mol. The van der Waals surface area contributed by atoms with Gasteiger partial charge in [-0.15, -0.1) is 0 Å². The number of hydrogen-bond donors (Lipinski definition) is 1. The van der Waals surface area contributed by atoms with Crippen LogP contribution in [-0.2, 0) is 9.59 Å². The molecule has 1 fully saturated rings. The summed E-state index contributed by atoms with van der Waals surface area (Å²) < 4.78 is 37.2. The van der Waals surface area contributed by atoms with Crippen molar-refractivity contribution in [1.82, 2.24) is 9.80 Å². The lowest BCUT2D eigenvalue weighted by atomic mass is 10.1. The molecule has 1 heterocycles. The molecule has 1 aliphatic heterocycles. The molecule has 0 radical (unpaired) electrons. The third-order valence-corrected chi connectivity index (χ3v) is 3.18. The van der Waals surface area contributed by atoms with E-state index in [9.17, 15) is 22.8 Å². The maximum atomic E-state index is 12.4. The smallest absolute Gasteiger partial charge is 0.395 e. The Bertz CT molecular complexity index is 371. The third-order valence-electron chi connectivity index (χ3n) is 3.18. The first-order valence-electron chi connectivity index (χ1n) is 6.41. The predicted octanol–water partition coefficient (Wildman–Crippen LogP) is 0.627. The summed E-state index contributed by atoms with van der Waals surface area (Å²) in [4.78, 5) is 25.8. The number of halogens is 3. The molecule has 0 aromatic rings. The SMILES string of the molecule is CC(C)N1CC(C(=O)N(CCO)CC(F)(F)F)CC1=O. The van der Waals surface area contributed by atoms with Crippen molar-refractivity contribution >= 4 is 11.8 Å². The average molecular weight is 296 g/mol. The molecule has 0 bridgehead atoms. The van der Waals surface area contributed by atoms with Crippen LogP contribution in [0, 0.1) is 5.92 Å². The van der Waals surface area contributed by atoms with Crippen molar-refractivity contribution in [2.75, 3.05) is 26.2 Å². The fourth-order valence-electron chi connectivity index (χ4n) is 2.26. The molecule has 116 valence electrons. The Labute approximate surface area is 115 Å². The first-order chi connectivity index (χ1) is 9.15. The largest absolute Gasteiger partial charge is 0.406 e. The van der Waals surface area contributed by atoms with E-state index in [-0.39, 0.29) is 31.5 Å². The van der Waals surface area contributed by atoms with Gasteiger partial charge in [-0.25, -0.2) is 0 Å². The number of amides is 2. The molecule has 0 aromatic heterocycles. The van der Waals surface area contributed by atoms with Crippen molar-refractivity contribution in [2.24, 2.45) is 5.92 Å². The minimum Gasteiger partial charge on any atom is -0.395 e. The number of likely N-dealkylation sites (tertiary alicyclic amines) is 1. The van der Waals surface area contributed by atoms with E-state index in [1.807, 2.05) is 0 Å². The molecule has 0 spiro atoms. The van der Waals surface area contributed by atoms with Crippen LogP contribution < -0.4 is 0 Å². The molecular formula is C12H19F3N2O3. The summed E-state index contributed by atoms with van der Waals surface area (Å²) >= 11 is 0. The van der Waals surface area contributed by atoms with Gasteiger partial charge in [0.05, 0.1) is 12.5 Å². The van der Waals surface area contributed by atoms with Crippen molar-refractivity contribution in [3.8, 4) is 0 Å². The first-order valence-corrected chi connectivity index (χ1v) is 6.41. The average Bonchev–Trinajstić information content (AvgIpc) is 2.68. The number of rotatable bonds is 5. The highest BCUT2D eigenvalue weighted by Gasteiger charge is 2.40. The first kappa shape index (κ1) is 16.7. The summed E-state index contributed by atoms with van der Waals surface area (Å²) in [5, 5.41) is 8.78. The number of hydrogen-bond acceptors (Lipinski definition) is 3. The number of aliphatic hydroxyl groups is 1. The number of alkyl halides is 3. The molecular weight excluding hydrogens is 277 g/mol. The van der Waals surface area contributed by atoms with Crippen molar-refractivity contribution in [1.29, 1.82) is 0 Å². The zero-order chi connectivity index (χ0) is 15.5. The maximum Gasteiger partial charge on any atom is 0.406 e. The van der Waals surface area contributed by atoms with Crippen molar-refractivity contribution in [3.05, 3.63) is 0 Å². The highest BCUT2D eigenvalue weighted by atomic mass is 19.4. The Kier molecular flexibility index (Phi) is 5.38. The Morgan fingerprint density at radius 1 is 1.50 bits per heavy atom. The molecule has 0 saturated carbocycles. The highest BCUT2D eigenvalue weighted by molar-refractivity contribution is 5.89. The molecule has 1 unspecified atom stereocenters. The Morgan fingerprint density at radius 2 is 2.10 bits per heavy atom. The van der Waals surface area contributed by atoms with Crippen LogP contribution in [-0.4, -0.2) is 65.2 Å². The topological polar surface area (TPSA) is 60.9 Å². The quantitative estimate of drug-likeness (QED) is 0.809. The van der Waals surface area contributed by atoms with Crippen LogP contribution >= 0.6 is 0 Å². The zero-order valence-corrected chi connectivity index (χ0v) is 11.5. The molecule has 0 aromatic carbocycles. The summed E-state index contributed by atoms with van der Waals surface area (Å²) in [5.74, 6) is -1.72. The van der Waals surface area contributed by atoms with Crippen LogP contribution in [0.4, 0.5) is 13.2 Å². The van der Waals surface area contributed by atoms with E-state index in [0.29, 0.717) is 4.90 Å². The lowest BCUT2D eigenvalue weighted by molar-refractivity contribution is -0.164. The van der Waals surface area contributed by atoms with Crippen molar-refractivity contribution in [2.45, 2.75) is 32.5 Å². The Hall–Kier alpha value is -1.31. The maximum absolute atomic E-state index is 12.4. The number of nitrogens with zero attached hydrogens (tertiary/aromatic N) is 2. The highest BCUT2D eigenvalue weighted by Crippen LogP contribution is 2.24. The molecule has 2 amide bonds. The van der Waals surface area contributed by atoms with Crippen molar-refractivity contribution in [3.63, 3.8) is 0 Å². The summed E-state index contributed by atoms with van der Waals surface area (Å²) in [7, 11) is 0. The van der Waals surface area contributed by atoms with Gasteiger partial charge in [0.15, 0.2) is 0 Å². The second kappa shape index (κ2) is 6.43. The van der Waals surface area contributed by atoms with Gasteiger partial charge in [-0.05, 0) is 13.8 Å². The monoisotopic (exact) mass is 296 g/mol. The van der Waals surface area contributed by atoms with E-state index in [0.717, 1.165) is 0 Å². The van der Waals surface area contributed by atoms with Gasteiger partial charge in [-0.3, -0.25) is 9.59 Å². The molecule has 1 N–H and O–H groups in total. The van der Waals surface area contributed by atoms with Crippen LogP contribution in [0.1, 0.15) is 20.3 Å². The van der Waals surface area contributed by atoms with Gasteiger partial charge in [-0.2, -0.15) is 13.2 Å². The minimum atomic E-state index is -4.52. The van der Waals surface area contributed by atoms with Crippen LogP contribution in [0.3, 0.4) is 0 Å². The molecule has 1 rings (SSSR count). The van der Waals surface area contributed by atoms with E-state index in [1.54, 1.807) is 13.8 Å². The van der Waals surface area contributed by atoms with Gasteiger partial charge in [0.1, 0.15) is 6.54 Å². The molecule has 5 nitrogen and oxygen atoms in total. The van der Waals surface area contributed by atoms with Crippen LogP contribution in [0.25, 0.3) is 0 Å². The second-order valence-corrected chi connectivity index (χ2v) is 5.14. The summed E-state index contributed by atoms with van der Waals surface area (Å²) in [5.41, 5.74) is 0. The van der Waals surface area contributed by atoms with E-state index in [1.165, 1.54) is 4.90 Å². The molecule has 1 saturated heterocycles. The molecule has 0 aliphatic carbocycles. The molecule has 8 heteroatoms. The number of aliphatic hydroxyl groups excluding tert-OH is 1. The standard InChI is InChI=1S/C12H19F3N2O3/c1-8(2)17-6-9(5-10(17)19)11(20)16(3-4-18)7-12(13,14)15/h8-9,18H,3-7H2,1-2H3. The van der Waals surface area contributed by atoms with Gasteiger partial charge in [0.2, 0.25) is 11.8 Å². The second-order valence-electron chi connectivity index (χ2n) is 5.14. The zero-order valence-electron chi connectivity index (χ0n) is 11.5. The van der Waals surface area contributed by atoms with Gasteiger partial charge >= 0.3 is 6.18 Å². The fraction of sp³-hybridized carbons (Fsp3) is 0.833. The van der Waals surface area contributed by atoms with E-state index < -0.39 is 31.2 Å². The summed E-state index contributed by atoms with van der Waals surface area (Å²) in [6.07, 6.45) is -4.60. The normalized spacial score (nSPS) is 19.9. The molecule has 1 atom stereocenters. The van der Waals surface area contributed by atoms with Crippen molar-refractivity contribution < 1.29 is 27.9 Å². The lowest BCUT2D eigenvalue weighted by Gasteiger charge is -2.26. The summed E-state index contributed by atoms with van der Waals surface area (Å²) in [6, 6.07) is -0.0887. The Balaban J connectivity index is 2.74. The Morgan fingerprint density at radius 3 is 2.50 bits per heavy atom. The van der Waals surface area contributed by atoms with Gasteiger partial charge in [0.25, 0.3) is 0 Å². The van der Waals surface area contributed by atoms with E-state index >= 15 is 0 Å². The van der Waals surface area contributed by atoms with Crippen LogP contribution in [0.5, 0.6) is 0 Å². The van der Waals surface area contributed by atoms with Gasteiger partial charge < -0.3 is 14.9 Å². The van der Waals surface area contributed by atoms with Gasteiger partial charge in [0, 0.05) is 25.6 Å². The van der Waals surface area contributed by atoms with E-state index in [2.05, 4.69) is 0 Å². The molecule has 1 aliphatic rings. The van der Waals surface area contributed by atoms with E-state index in [4.69, 9.17) is 5.11 Å². The molecule has 20 heavy (non-hydrogen) atoms. The lowest BCUT2D eigenvalue weighted by Crippen LogP contribution is -2.44. The number of carbonyl (C=O) groups is 2. The van der Waals surface area contributed by atoms with Crippen LogP contribution in [0.2, 0.25) is 0 Å². The third kappa shape index (κ3) is 4.36. The van der Waals surface area contributed by atoms with Crippen LogP contribution in [0.15, 0.2) is 0 Å². The minimum absolute atomic E-state index is 0.0726. The number of carbonyl (C=O) groups excluding carboxylic acids is 2. The fourth-order valence-corrected chi connectivity index (χ4v) is 2.26.